The summed E-state index contributed by atoms with van der Waals surface area (Å²) < 4.78 is 27.4. The zero-order valence-electron chi connectivity index (χ0n) is 17.8. The molecule has 0 aromatic rings. The van der Waals surface area contributed by atoms with Gasteiger partial charge in [0.1, 0.15) is 18.8 Å². The van der Waals surface area contributed by atoms with E-state index >= 15 is 0 Å². The molecule has 0 spiro atoms. The van der Waals surface area contributed by atoms with Crippen molar-refractivity contribution in [3.8, 4) is 0 Å². The first-order chi connectivity index (χ1) is 13.5. The van der Waals surface area contributed by atoms with Crippen molar-refractivity contribution >= 4 is 23.8 Å². The van der Waals surface area contributed by atoms with Gasteiger partial charge in [0.05, 0.1) is 6.61 Å². The molecule has 0 aliphatic carbocycles. The Kier molecular flexibility index (Phi) is 10.0. The van der Waals surface area contributed by atoms with Gasteiger partial charge >= 0.3 is 17.9 Å². The van der Waals surface area contributed by atoms with E-state index in [4.69, 9.17) is 23.7 Å². The fourth-order valence-electron chi connectivity index (χ4n) is 2.85. The van der Waals surface area contributed by atoms with Crippen LogP contribution in [0.25, 0.3) is 0 Å². The van der Waals surface area contributed by atoms with Crippen LogP contribution in [0.4, 0.5) is 0 Å². The van der Waals surface area contributed by atoms with Crippen LogP contribution in [-0.4, -0.2) is 67.7 Å². The zero-order valence-corrected chi connectivity index (χ0v) is 17.8. The molecule has 1 aliphatic heterocycles. The van der Waals surface area contributed by atoms with Crippen molar-refractivity contribution in [1.82, 2.24) is 5.32 Å². The average Bonchev–Trinajstić information content (AvgIpc) is 2.56. The van der Waals surface area contributed by atoms with Crippen molar-refractivity contribution in [2.24, 2.45) is 5.92 Å². The van der Waals surface area contributed by atoms with E-state index in [-0.39, 0.29) is 6.61 Å². The summed E-state index contributed by atoms with van der Waals surface area (Å²) in [4.78, 5) is 46.4. The smallest absolute Gasteiger partial charge is 0.303 e. The lowest BCUT2D eigenvalue weighted by Gasteiger charge is -2.45. The molecule has 5 atom stereocenters. The molecule has 10 heteroatoms. The van der Waals surface area contributed by atoms with Crippen molar-refractivity contribution in [2.75, 3.05) is 13.2 Å². The summed E-state index contributed by atoms with van der Waals surface area (Å²) in [5.41, 5.74) is 0. The van der Waals surface area contributed by atoms with E-state index in [1.165, 1.54) is 27.7 Å². The Labute approximate surface area is 170 Å². The van der Waals surface area contributed by atoms with Gasteiger partial charge in [-0.25, -0.2) is 0 Å². The van der Waals surface area contributed by atoms with Gasteiger partial charge in [-0.05, 0) is 12.3 Å². The van der Waals surface area contributed by atoms with E-state index in [1.54, 1.807) is 0 Å². The van der Waals surface area contributed by atoms with Crippen LogP contribution in [0.1, 0.15) is 48.0 Å². The van der Waals surface area contributed by atoms with Crippen LogP contribution in [0, 0.1) is 5.92 Å². The summed E-state index contributed by atoms with van der Waals surface area (Å²) in [5.74, 6) is -1.89. The minimum atomic E-state index is -1.11. The fraction of sp³-hybridized carbons (Fsp3) is 0.789. The van der Waals surface area contributed by atoms with E-state index in [2.05, 4.69) is 5.32 Å². The summed E-state index contributed by atoms with van der Waals surface area (Å²) in [5, 5.41) is 2.65. The van der Waals surface area contributed by atoms with Gasteiger partial charge in [0, 0.05) is 27.7 Å². The number of ether oxygens (including phenoxy) is 5. The molecular formula is C19H31NO9. The topological polar surface area (TPSA) is 126 Å². The maximum absolute atomic E-state index is 11.8. The van der Waals surface area contributed by atoms with E-state index in [1.807, 2.05) is 13.8 Å². The van der Waals surface area contributed by atoms with Gasteiger partial charge < -0.3 is 29.0 Å². The fourth-order valence-corrected chi connectivity index (χ4v) is 2.85. The second-order valence-corrected chi connectivity index (χ2v) is 7.27. The third-order valence-corrected chi connectivity index (χ3v) is 4.05. The van der Waals surface area contributed by atoms with Crippen LogP contribution in [0.2, 0.25) is 0 Å². The van der Waals surface area contributed by atoms with Crippen molar-refractivity contribution in [3.63, 3.8) is 0 Å². The predicted octanol–water partition coefficient (Wildman–Crippen LogP) is 0.705. The number of carbonyl (C=O) groups is 4. The largest absolute Gasteiger partial charge is 0.463 e. The van der Waals surface area contributed by atoms with Crippen LogP contribution in [0.15, 0.2) is 0 Å². The number of nitrogens with one attached hydrogen (secondary N) is 1. The van der Waals surface area contributed by atoms with Crippen LogP contribution in [0.3, 0.4) is 0 Å². The summed E-state index contributed by atoms with van der Waals surface area (Å²) in [6.45, 7) is 9.03. The molecule has 1 rings (SSSR count). The quantitative estimate of drug-likeness (QED) is 0.426. The molecular weight excluding hydrogens is 386 g/mol. The molecule has 0 bridgehead atoms. The standard InChI is InChI=1S/C19H31NO9/c1-10(2)7-8-25-19-16(20-11(3)21)18(28-14(6)24)17(27-13(5)23)15(29-19)9-26-12(4)22/h10,15-19H,7-9H2,1-6H3,(H,20,21). The van der Waals surface area contributed by atoms with Crippen LogP contribution < -0.4 is 5.32 Å². The van der Waals surface area contributed by atoms with Crippen molar-refractivity contribution in [3.05, 3.63) is 0 Å². The molecule has 1 heterocycles. The summed E-state index contributed by atoms with van der Waals surface area (Å²) in [6, 6.07) is -0.929. The molecule has 1 fully saturated rings. The molecule has 1 aliphatic rings. The number of esters is 3. The highest BCUT2D eigenvalue weighted by Crippen LogP contribution is 2.28. The van der Waals surface area contributed by atoms with Crippen LogP contribution >= 0.6 is 0 Å². The molecule has 1 N–H and O–H groups in total. The van der Waals surface area contributed by atoms with Crippen molar-refractivity contribution in [1.29, 1.82) is 0 Å². The molecule has 1 saturated heterocycles. The number of hydrogen-bond donors (Lipinski definition) is 1. The Bertz CT molecular complexity index is 592. The third-order valence-electron chi connectivity index (χ3n) is 4.05. The maximum atomic E-state index is 11.8. The Hall–Kier alpha value is -2.20. The van der Waals surface area contributed by atoms with Gasteiger partial charge in [-0.1, -0.05) is 13.8 Å². The molecule has 166 valence electrons. The second kappa shape index (κ2) is 11.7. The molecule has 5 unspecified atom stereocenters. The Balaban J connectivity index is 3.21. The molecule has 10 nitrogen and oxygen atoms in total. The third kappa shape index (κ3) is 8.78. The number of hydrogen-bond acceptors (Lipinski definition) is 9. The van der Waals surface area contributed by atoms with Crippen LogP contribution in [0.5, 0.6) is 0 Å². The highest BCUT2D eigenvalue weighted by Gasteiger charge is 2.51. The highest BCUT2D eigenvalue weighted by atomic mass is 16.7. The van der Waals surface area contributed by atoms with E-state index in [0.29, 0.717) is 12.5 Å². The van der Waals surface area contributed by atoms with E-state index in [9.17, 15) is 19.2 Å². The lowest BCUT2D eigenvalue weighted by atomic mass is 9.96. The van der Waals surface area contributed by atoms with E-state index in [0.717, 1.165) is 6.42 Å². The first-order valence-electron chi connectivity index (χ1n) is 9.53. The Morgan fingerprint density at radius 1 is 0.931 bits per heavy atom. The summed E-state index contributed by atoms with van der Waals surface area (Å²) in [6.07, 6.45) is -3.45. The highest BCUT2D eigenvalue weighted by molar-refractivity contribution is 5.73. The number of carbonyl (C=O) groups excluding carboxylic acids is 4. The predicted molar refractivity (Wildman–Crippen MR) is 99.4 cm³/mol. The molecule has 0 aromatic carbocycles. The number of amides is 1. The van der Waals surface area contributed by atoms with Gasteiger partial charge in [-0.3, -0.25) is 19.2 Å². The lowest BCUT2D eigenvalue weighted by molar-refractivity contribution is -0.278. The van der Waals surface area contributed by atoms with Gasteiger partial charge in [-0.2, -0.15) is 0 Å². The first kappa shape index (κ1) is 24.8. The van der Waals surface area contributed by atoms with Crippen molar-refractivity contribution in [2.45, 2.75) is 78.6 Å². The van der Waals surface area contributed by atoms with Crippen LogP contribution in [-0.2, 0) is 42.9 Å². The first-order valence-corrected chi connectivity index (χ1v) is 9.53. The van der Waals surface area contributed by atoms with Gasteiger partial charge in [-0.15, -0.1) is 0 Å². The Morgan fingerprint density at radius 2 is 1.52 bits per heavy atom. The molecule has 0 radical (unpaired) electrons. The average molecular weight is 417 g/mol. The Morgan fingerprint density at radius 3 is 2.00 bits per heavy atom. The van der Waals surface area contributed by atoms with Gasteiger partial charge in [0.15, 0.2) is 18.5 Å². The lowest BCUT2D eigenvalue weighted by Crippen LogP contribution is -2.66. The maximum Gasteiger partial charge on any atom is 0.303 e. The molecule has 0 saturated carbocycles. The summed E-state index contributed by atoms with van der Waals surface area (Å²) >= 11 is 0. The van der Waals surface area contributed by atoms with Gasteiger partial charge in [0.25, 0.3) is 0 Å². The minimum absolute atomic E-state index is 0.248. The van der Waals surface area contributed by atoms with E-state index < -0.39 is 54.5 Å². The van der Waals surface area contributed by atoms with Gasteiger partial charge in [0.2, 0.25) is 5.91 Å². The monoisotopic (exact) mass is 417 g/mol. The molecule has 29 heavy (non-hydrogen) atoms. The SMILES string of the molecule is CC(=O)NC1C(OCCC(C)C)OC(COC(C)=O)C(OC(C)=O)C1OC(C)=O. The van der Waals surface area contributed by atoms with Crippen molar-refractivity contribution < 1.29 is 42.9 Å². The second-order valence-electron chi connectivity index (χ2n) is 7.27. The normalized spacial score (nSPS) is 26.5. The molecule has 1 amide bonds. The number of rotatable bonds is 9. The minimum Gasteiger partial charge on any atom is -0.463 e. The summed E-state index contributed by atoms with van der Waals surface area (Å²) in [7, 11) is 0. The zero-order chi connectivity index (χ0) is 22.1. The molecule has 0 aromatic heterocycles.